The fourth-order valence-electron chi connectivity index (χ4n) is 1.38. The van der Waals surface area contributed by atoms with Gasteiger partial charge >= 0.3 is 0 Å². The van der Waals surface area contributed by atoms with Gasteiger partial charge in [0.15, 0.2) is 0 Å². The van der Waals surface area contributed by atoms with Crippen LogP contribution in [0, 0.1) is 0 Å². The van der Waals surface area contributed by atoms with E-state index in [-0.39, 0.29) is 6.61 Å². The quantitative estimate of drug-likeness (QED) is 0.833. The number of rotatable bonds is 3. The van der Waals surface area contributed by atoms with E-state index in [1.54, 1.807) is 11.3 Å². The van der Waals surface area contributed by atoms with Crippen LogP contribution in [0.15, 0.2) is 23.7 Å². The number of aliphatic hydroxyl groups excluding tert-OH is 1. The predicted octanol–water partition coefficient (Wildman–Crippen LogP) is 1.68. The highest BCUT2D eigenvalue weighted by atomic mass is 32.1. The van der Waals surface area contributed by atoms with Crippen molar-refractivity contribution in [1.82, 2.24) is 9.55 Å². The Morgan fingerprint density at radius 1 is 1.57 bits per heavy atom. The van der Waals surface area contributed by atoms with Crippen molar-refractivity contribution in [3.8, 4) is 10.6 Å². The molecule has 0 saturated heterocycles. The van der Waals surface area contributed by atoms with Gasteiger partial charge in [0.05, 0.1) is 17.2 Å². The van der Waals surface area contributed by atoms with Crippen LogP contribution in [-0.2, 0) is 13.5 Å². The highest BCUT2D eigenvalue weighted by molar-refractivity contribution is 7.13. The van der Waals surface area contributed by atoms with Crippen LogP contribution in [0.1, 0.15) is 5.82 Å². The van der Waals surface area contributed by atoms with Crippen molar-refractivity contribution in [2.24, 2.45) is 7.05 Å². The van der Waals surface area contributed by atoms with Crippen LogP contribution in [0.4, 0.5) is 0 Å². The highest BCUT2D eigenvalue weighted by Crippen LogP contribution is 2.23. The summed E-state index contributed by atoms with van der Waals surface area (Å²) in [6.45, 7) is 0.148. The molecule has 0 saturated carbocycles. The zero-order chi connectivity index (χ0) is 9.97. The molecule has 2 aromatic heterocycles. The van der Waals surface area contributed by atoms with Crippen molar-refractivity contribution < 1.29 is 5.11 Å². The fourth-order valence-corrected chi connectivity index (χ4v) is 2.06. The molecule has 0 aliphatic rings. The smallest absolute Gasteiger partial charge is 0.111 e. The Morgan fingerprint density at radius 2 is 2.43 bits per heavy atom. The van der Waals surface area contributed by atoms with Gasteiger partial charge in [-0.15, -0.1) is 11.3 Å². The van der Waals surface area contributed by atoms with E-state index in [1.807, 2.05) is 29.3 Å². The van der Waals surface area contributed by atoms with Gasteiger partial charge in [0.1, 0.15) is 5.82 Å². The first-order valence-corrected chi connectivity index (χ1v) is 5.36. The van der Waals surface area contributed by atoms with Crippen molar-refractivity contribution in [1.29, 1.82) is 0 Å². The minimum absolute atomic E-state index is 0.148. The molecule has 0 atom stereocenters. The summed E-state index contributed by atoms with van der Waals surface area (Å²) in [4.78, 5) is 5.63. The second-order valence-corrected chi connectivity index (χ2v) is 4.05. The predicted molar refractivity (Wildman–Crippen MR) is 57.3 cm³/mol. The molecule has 2 rings (SSSR count). The molecule has 0 amide bonds. The van der Waals surface area contributed by atoms with E-state index in [9.17, 15) is 0 Å². The van der Waals surface area contributed by atoms with Gasteiger partial charge in [0.25, 0.3) is 0 Å². The maximum atomic E-state index is 8.83. The fraction of sp³-hybridized carbons (Fsp3) is 0.300. The molecule has 74 valence electrons. The molecular formula is C10H12N2OS. The molecule has 0 fully saturated rings. The van der Waals surface area contributed by atoms with Gasteiger partial charge in [0, 0.05) is 19.7 Å². The molecule has 0 unspecified atom stereocenters. The molecule has 2 heterocycles. The average molecular weight is 208 g/mol. The second kappa shape index (κ2) is 3.94. The van der Waals surface area contributed by atoms with E-state index in [2.05, 4.69) is 11.1 Å². The van der Waals surface area contributed by atoms with E-state index in [0.717, 1.165) is 11.5 Å². The number of aliphatic hydroxyl groups is 1. The molecule has 3 nitrogen and oxygen atoms in total. The molecule has 0 aliphatic heterocycles. The van der Waals surface area contributed by atoms with Gasteiger partial charge in [-0.05, 0) is 11.4 Å². The molecule has 2 aromatic rings. The van der Waals surface area contributed by atoms with Crippen LogP contribution in [0.5, 0.6) is 0 Å². The number of thiophene rings is 1. The molecule has 14 heavy (non-hydrogen) atoms. The molecular weight excluding hydrogens is 196 g/mol. The minimum Gasteiger partial charge on any atom is -0.396 e. The molecule has 0 aliphatic carbocycles. The van der Waals surface area contributed by atoms with E-state index < -0.39 is 0 Å². The van der Waals surface area contributed by atoms with Crippen LogP contribution in [0.25, 0.3) is 10.6 Å². The zero-order valence-electron chi connectivity index (χ0n) is 7.97. The summed E-state index contributed by atoms with van der Waals surface area (Å²) in [6, 6.07) is 4.07. The third-order valence-electron chi connectivity index (χ3n) is 2.08. The van der Waals surface area contributed by atoms with Gasteiger partial charge in [-0.1, -0.05) is 6.07 Å². The number of aromatic nitrogens is 2. The molecule has 4 heteroatoms. The van der Waals surface area contributed by atoms with E-state index in [0.29, 0.717) is 6.42 Å². The summed E-state index contributed by atoms with van der Waals surface area (Å²) in [6.07, 6.45) is 2.61. The number of aryl methyl sites for hydroxylation is 1. The van der Waals surface area contributed by atoms with Crippen molar-refractivity contribution in [2.75, 3.05) is 6.61 Å². The lowest BCUT2D eigenvalue weighted by molar-refractivity contribution is 0.295. The Balaban J connectivity index is 2.33. The molecule has 0 spiro atoms. The zero-order valence-corrected chi connectivity index (χ0v) is 8.79. The topological polar surface area (TPSA) is 38.0 Å². The van der Waals surface area contributed by atoms with E-state index in [4.69, 9.17) is 5.11 Å². The van der Waals surface area contributed by atoms with Crippen LogP contribution < -0.4 is 0 Å². The maximum Gasteiger partial charge on any atom is 0.111 e. The lowest BCUT2D eigenvalue weighted by Crippen LogP contribution is -1.99. The van der Waals surface area contributed by atoms with Crippen molar-refractivity contribution in [2.45, 2.75) is 6.42 Å². The van der Waals surface area contributed by atoms with Crippen LogP contribution in [0.3, 0.4) is 0 Å². The summed E-state index contributed by atoms with van der Waals surface area (Å²) >= 11 is 1.68. The first-order valence-electron chi connectivity index (χ1n) is 4.48. The Kier molecular flexibility index (Phi) is 2.65. The van der Waals surface area contributed by atoms with Gasteiger partial charge in [-0.2, -0.15) is 0 Å². The monoisotopic (exact) mass is 208 g/mol. The van der Waals surface area contributed by atoms with Crippen molar-refractivity contribution in [3.63, 3.8) is 0 Å². The SMILES string of the molecule is Cn1cc(-c2cccs2)nc1CCO. The average Bonchev–Trinajstić information content (AvgIpc) is 2.76. The number of hydrogen-bond donors (Lipinski definition) is 1. The Labute approximate surface area is 86.7 Å². The van der Waals surface area contributed by atoms with Crippen molar-refractivity contribution in [3.05, 3.63) is 29.5 Å². The Morgan fingerprint density at radius 3 is 3.07 bits per heavy atom. The first-order chi connectivity index (χ1) is 6.81. The third-order valence-corrected chi connectivity index (χ3v) is 2.97. The molecule has 1 N–H and O–H groups in total. The summed E-state index contributed by atoms with van der Waals surface area (Å²) < 4.78 is 1.96. The summed E-state index contributed by atoms with van der Waals surface area (Å²) in [5.41, 5.74) is 0.992. The summed E-state index contributed by atoms with van der Waals surface area (Å²) in [7, 11) is 1.95. The summed E-state index contributed by atoms with van der Waals surface area (Å²) in [5, 5.41) is 10.9. The van der Waals surface area contributed by atoms with Crippen molar-refractivity contribution >= 4 is 11.3 Å². The largest absolute Gasteiger partial charge is 0.396 e. The number of nitrogens with zero attached hydrogens (tertiary/aromatic N) is 2. The van der Waals surface area contributed by atoms with E-state index in [1.165, 1.54) is 4.88 Å². The standard InChI is InChI=1S/C10H12N2OS/c1-12-7-8(9-3-2-6-14-9)11-10(12)4-5-13/h2-3,6-7,13H,4-5H2,1H3. The second-order valence-electron chi connectivity index (χ2n) is 3.10. The number of imidazole rings is 1. The number of hydrogen-bond acceptors (Lipinski definition) is 3. The van der Waals surface area contributed by atoms with Crippen LogP contribution >= 0.6 is 11.3 Å². The van der Waals surface area contributed by atoms with Gasteiger partial charge in [-0.25, -0.2) is 4.98 Å². The molecule has 0 aromatic carbocycles. The molecule has 0 radical (unpaired) electrons. The third kappa shape index (κ3) is 1.71. The lowest BCUT2D eigenvalue weighted by Gasteiger charge is -1.95. The maximum absolute atomic E-state index is 8.83. The van der Waals surface area contributed by atoms with Crippen LogP contribution in [-0.4, -0.2) is 21.3 Å². The normalized spacial score (nSPS) is 10.7. The van der Waals surface area contributed by atoms with Gasteiger partial charge < -0.3 is 9.67 Å². The minimum atomic E-state index is 0.148. The van der Waals surface area contributed by atoms with Gasteiger partial charge in [0.2, 0.25) is 0 Å². The first kappa shape index (κ1) is 9.43. The van der Waals surface area contributed by atoms with Crippen LogP contribution in [0.2, 0.25) is 0 Å². The lowest BCUT2D eigenvalue weighted by atomic mass is 10.4. The Hall–Kier alpha value is -1.13. The highest BCUT2D eigenvalue weighted by Gasteiger charge is 2.06. The van der Waals surface area contributed by atoms with E-state index >= 15 is 0 Å². The summed E-state index contributed by atoms with van der Waals surface area (Å²) in [5.74, 6) is 0.927. The Bertz CT molecular complexity index is 406. The molecule has 0 bridgehead atoms. The van der Waals surface area contributed by atoms with Gasteiger partial charge in [-0.3, -0.25) is 0 Å².